The van der Waals surface area contributed by atoms with Crippen LogP contribution >= 0.6 is 22.3 Å². The van der Waals surface area contributed by atoms with E-state index < -0.39 is 19.9 Å². The van der Waals surface area contributed by atoms with Crippen molar-refractivity contribution < 1.29 is 12.8 Å². The Labute approximate surface area is 77.6 Å². The van der Waals surface area contributed by atoms with Crippen LogP contribution in [-0.4, -0.2) is 13.4 Å². The summed E-state index contributed by atoms with van der Waals surface area (Å²) in [5, 5.41) is -0.280. The first-order valence-electron chi connectivity index (χ1n) is 2.67. The highest BCUT2D eigenvalue weighted by Crippen LogP contribution is 2.25. The number of pyridine rings is 1. The molecule has 0 aliphatic heterocycles. The van der Waals surface area contributed by atoms with E-state index in [2.05, 4.69) is 4.98 Å². The quantitative estimate of drug-likeness (QED) is 0.545. The second-order valence-corrected chi connectivity index (χ2v) is 4.76. The van der Waals surface area contributed by atoms with Crippen molar-refractivity contribution in [3.8, 4) is 0 Å². The van der Waals surface area contributed by atoms with Gasteiger partial charge in [0.1, 0.15) is 0 Å². The molecule has 12 heavy (non-hydrogen) atoms. The van der Waals surface area contributed by atoms with Gasteiger partial charge >= 0.3 is 0 Å². The zero-order valence-electron chi connectivity index (χ0n) is 5.46. The summed E-state index contributed by atoms with van der Waals surface area (Å²) in [4.78, 5) is 2.31. The maximum atomic E-state index is 12.7. The number of rotatable bonds is 1. The Kier molecular flexibility index (Phi) is 2.55. The number of aromatic nitrogens is 1. The predicted octanol–water partition coefficient (Wildman–Crippen LogP) is 1.80. The molecule has 0 bridgehead atoms. The largest absolute Gasteiger partial charge is 0.267 e. The van der Waals surface area contributed by atoms with Gasteiger partial charge in [0.2, 0.25) is 5.95 Å². The zero-order valence-corrected chi connectivity index (χ0v) is 7.79. The minimum Gasteiger partial charge on any atom is -0.227 e. The molecule has 1 rings (SSSR count). The summed E-state index contributed by atoms with van der Waals surface area (Å²) in [5.74, 6) is -1.20. The fourth-order valence-corrected chi connectivity index (χ4v) is 2.17. The normalized spacial score (nSPS) is 11.6. The Morgan fingerprint density at radius 3 is 2.42 bits per heavy atom. The third kappa shape index (κ3) is 1.85. The van der Waals surface area contributed by atoms with Crippen LogP contribution in [0.5, 0.6) is 0 Å². The van der Waals surface area contributed by atoms with Crippen LogP contribution in [0.25, 0.3) is 0 Å². The van der Waals surface area contributed by atoms with Gasteiger partial charge in [-0.05, 0) is 6.07 Å². The molecule has 3 nitrogen and oxygen atoms in total. The Bertz CT molecular complexity index is 386. The van der Waals surface area contributed by atoms with E-state index in [9.17, 15) is 12.8 Å². The standard InChI is InChI=1S/C5H2Cl2FNO2S/c6-3-1-2-9-5(8)4(3)12(7,10)11/h1-2H. The van der Waals surface area contributed by atoms with Crippen LogP contribution in [0.15, 0.2) is 17.2 Å². The van der Waals surface area contributed by atoms with Gasteiger partial charge in [-0.3, -0.25) is 0 Å². The lowest BCUT2D eigenvalue weighted by Crippen LogP contribution is -1.98. The number of nitrogens with zero attached hydrogens (tertiary/aromatic N) is 1. The van der Waals surface area contributed by atoms with Crippen molar-refractivity contribution in [3.05, 3.63) is 23.2 Å². The van der Waals surface area contributed by atoms with E-state index >= 15 is 0 Å². The van der Waals surface area contributed by atoms with E-state index in [1.54, 1.807) is 0 Å². The maximum absolute atomic E-state index is 12.7. The number of hydrogen-bond donors (Lipinski definition) is 0. The second-order valence-electron chi connectivity index (χ2n) is 1.85. The highest BCUT2D eigenvalue weighted by molar-refractivity contribution is 8.13. The lowest BCUT2D eigenvalue weighted by Gasteiger charge is -1.98. The molecule has 0 unspecified atom stereocenters. The van der Waals surface area contributed by atoms with Crippen LogP contribution in [0.4, 0.5) is 4.39 Å². The molecule has 1 aromatic rings. The molecular formula is C5H2Cl2FNO2S. The fourth-order valence-electron chi connectivity index (χ4n) is 0.618. The molecule has 0 aliphatic carbocycles. The summed E-state index contributed by atoms with van der Waals surface area (Å²) in [5.41, 5.74) is 0. The molecule has 0 radical (unpaired) electrons. The highest BCUT2D eigenvalue weighted by Gasteiger charge is 2.20. The van der Waals surface area contributed by atoms with Crippen LogP contribution in [0, 0.1) is 5.95 Å². The smallest absolute Gasteiger partial charge is 0.227 e. The number of hydrogen-bond acceptors (Lipinski definition) is 3. The Morgan fingerprint density at radius 1 is 1.50 bits per heavy atom. The van der Waals surface area contributed by atoms with Crippen LogP contribution < -0.4 is 0 Å². The van der Waals surface area contributed by atoms with Crippen molar-refractivity contribution in [2.75, 3.05) is 0 Å². The summed E-state index contributed by atoms with van der Waals surface area (Å²) in [7, 11) is 0.715. The van der Waals surface area contributed by atoms with E-state index in [-0.39, 0.29) is 5.02 Å². The highest BCUT2D eigenvalue weighted by atomic mass is 35.7. The Morgan fingerprint density at radius 2 is 2.08 bits per heavy atom. The molecule has 0 fully saturated rings. The van der Waals surface area contributed by atoms with Gasteiger partial charge in [0.05, 0.1) is 5.02 Å². The molecule has 0 spiro atoms. The minimum atomic E-state index is -4.16. The molecule has 66 valence electrons. The molecule has 1 aromatic heterocycles. The third-order valence-electron chi connectivity index (χ3n) is 1.06. The Hall–Kier alpha value is -0.390. The lowest BCUT2D eigenvalue weighted by atomic mass is 10.5. The third-order valence-corrected chi connectivity index (χ3v) is 2.82. The van der Waals surface area contributed by atoms with Gasteiger partial charge in [-0.25, -0.2) is 13.4 Å². The van der Waals surface area contributed by atoms with Gasteiger partial charge < -0.3 is 0 Å². The SMILES string of the molecule is O=S(=O)(Cl)c1c(Cl)ccnc1F. The molecule has 0 aromatic carbocycles. The van der Waals surface area contributed by atoms with Gasteiger partial charge in [-0.15, -0.1) is 0 Å². The van der Waals surface area contributed by atoms with Gasteiger partial charge in [-0.1, -0.05) is 11.6 Å². The minimum absolute atomic E-state index is 0.280. The Balaban J connectivity index is 3.53. The lowest BCUT2D eigenvalue weighted by molar-refractivity contribution is 0.543. The van der Waals surface area contributed by atoms with Crippen molar-refractivity contribution in [2.45, 2.75) is 4.90 Å². The van der Waals surface area contributed by atoms with Gasteiger partial charge in [-0.2, -0.15) is 4.39 Å². The first kappa shape index (κ1) is 9.70. The molecule has 7 heteroatoms. The summed E-state index contributed by atoms with van der Waals surface area (Å²) >= 11 is 5.37. The van der Waals surface area contributed by atoms with E-state index in [4.69, 9.17) is 22.3 Å². The van der Waals surface area contributed by atoms with Crippen LogP contribution in [0.1, 0.15) is 0 Å². The predicted molar refractivity (Wildman–Crippen MR) is 42.2 cm³/mol. The van der Waals surface area contributed by atoms with Gasteiger partial charge in [0.25, 0.3) is 9.05 Å². The first-order valence-corrected chi connectivity index (χ1v) is 5.36. The average molecular weight is 230 g/mol. The van der Waals surface area contributed by atoms with E-state index in [0.29, 0.717) is 0 Å². The van der Waals surface area contributed by atoms with Crippen LogP contribution in [0.3, 0.4) is 0 Å². The molecule has 0 saturated carbocycles. The topological polar surface area (TPSA) is 47.0 Å². The van der Waals surface area contributed by atoms with Crippen molar-refractivity contribution >= 4 is 31.3 Å². The van der Waals surface area contributed by atoms with Crippen LogP contribution in [0.2, 0.25) is 5.02 Å². The summed E-state index contributed by atoms with van der Waals surface area (Å²) < 4.78 is 34.0. The molecule has 0 saturated heterocycles. The number of halogens is 3. The first-order chi connectivity index (χ1) is 5.43. The molecular weight excluding hydrogens is 228 g/mol. The molecule has 1 heterocycles. The summed E-state index contributed by atoms with van der Waals surface area (Å²) in [6.07, 6.45) is 1.04. The summed E-state index contributed by atoms with van der Waals surface area (Å²) in [6.45, 7) is 0. The van der Waals surface area contributed by atoms with E-state index in [0.717, 1.165) is 12.3 Å². The molecule has 0 aliphatic rings. The molecule has 0 amide bonds. The molecule has 0 N–H and O–H groups in total. The maximum Gasteiger partial charge on any atom is 0.267 e. The second kappa shape index (κ2) is 3.16. The zero-order chi connectivity index (χ0) is 9.35. The van der Waals surface area contributed by atoms with Gasteiger partial charge in [0, 0.05) is 16.9 Å². The summed E-state index contributed by atoms with van der Waals surface area (Å²) in [6, 6.07) is 1.14. The van der Waals surface area contributed by atoms with E-state index in [1.807, 2.05) is 0 Å². The van der Waals surface area contributed by atoms with Crippen LogP contribution in [-0.2, 0) is 9.05 Å². The van der Waals surface area contributed by atoms with Crippen molar-refractivity contribution in [3.63, 3.8) is 0 Å². The fraction of sp³-hybridized carbons (Fsp3) is 0. The average Bonchev–Trinajstić information content (AvgIpc) is 1.82. The van der Waals surface area contributed by atoms with E-state index in [1.165, 1.54) is 0 Å². The molecule has 0 atom stereocenters. The van der Waals surface area contributed by atoms with Gasteiger partial charge in [0.15, 0.2) is 4.90 Å². The van der Waals surface area contributed by atoms with Crippen molar-refractivity contribution in [1.29, 1.82) is 0 Å². The van der Waals surface area contributed by atoms with Crippen molar-refractivity contribution in [2.24, 2.45) is 0 Å². The monoisotopic (exact) mass is 229 g/mol. The van der Waals surface area contributed by atoms with Crippen molar-refractivity contribution in [1.82, 2.24) is 4.98 Å².